The Kier molecular flexibility index (Phi) is 4.20. The zero-order chi connectivity index (χ0) is 14.5. The van der Waals surface area contributed by atoms with Crippen LogP contribution in [-0.4, -0.2) is 21.7 Å². The Morgan fingerprint density at radius 3 is 2.70 bits per heavy atom. The van der Waals surface area contributed by atoms with Gasteiger partial charge in [0.25, 0.3) is 0 Å². The molecular weight excluding hydrogens is 254 g/mol. The lowest BCUT2D eigenvalue weighted by molar-refractivity contribution is -0.115. The molecule has 102 valence electrons. The number of rotatable bonds is 4. The molecule has 1 amide bonds. The highest BCUT2D eigenvalue weighted by Gasteiger charge is 2.12. The number of hydrogen-bond acceptors (Lipinski definition) is 4. The normalized spacial score (nSPS) is 10.1. The van der Waals surface area contributed by atoms with Crippen molar-refractivity contribution < 1.29 is 9.59 Å². The van der Waals surface area contributed by atoms with E-state index >= 15 is 0 Å². The SMILES string of the molecule is Cc1cc(C)nc(NC(=O)CC(=O)c2cccnc2)c1. The number of hydrogen-bond donors (Lipinski definition) is 1. The lowest BCUT2D eigenvalue weighted by atomic mass is 10.1. The van der Waals surface area contributed by atoms with Crippen LogP contribution in [0.1, 0.15) is 28.0 Å². The van der Waals surface area contributed by atoms with Gasteiger partial charge in [0.1, 0.15) is 5.82 Å². The van der Waals surface area contributed by atoms with Gasteiger partial charge in [-0.3, -0.25) is 14.6 Å². The first kappa shape index (κ1) is 13.9. The van der Waals surface area contributed by atoms with Gasteiger partial charge in [-0.1, -0.05) is 0 Å². The van der Waals surface area contributed by atoms with Crippen LogP contribution in [0.15, 0.2) is 36.7 Å². The molecule has 20 heavy (non-hydrogen) atoms. The maximum absolute atomic E-state index is 11.9. The number of nitrogens with zero attached hydrogens (tertiary/aromatic N) is 2. The van der Waals surface area contributed by atoms with E-state index in [1.165, 1.54) is 6.20 Å². The first-order valence-electron chi connectivity index (χ1n) is 6.23. The number of amides is 1. The third kappa shape index (κ3) is 3.71. The van der Waals surface area contributed by atoms with Gasteiger partial charge in [0.2, 0.25) is 5.91 Å². The fourth-order valence-corrected chi connectivity index (χ4v) is 1.87. The van der Waals surface area contributed by atoms with E-state index in [4.69, 9.17) is 0 Å². The summed E-state index contributed by atoms with van der Waals surface area (Å²) in [5.74, 6) is -0.178. The third-order valence-electron chi connectivity index (χ3n) is 2.67. The van der Waals surface area contributed by atoms with Gasteiger partial charge >= 0.3 is 0 Å². The highest BCUT2D eigenvalue weighted by molar-refractivity contribution is 6.10. The molecule has 1 N–H and O–H groups in total. The molecule has 0 aliphatic heterocycles. The fourth-order valence-electron chi connectivity index (χ4n) is 1.87. The Hall–Kier alpha value is -2.56. The van der Waals surface area contributed by atoms with Crippen molar-refractivity contribution in [2.24, 2.45) is 0 Å². The second-order valence-corrected chi connectivity index (χ2v) is 4.56. The van der Waals surface area contributed by atoms with Crippen molar-refractivity contribution >= 4 is 17.5 Å². The molecule has 2 heterocycles. The Balaban J connectivity index is 2.01. The average Bonchev–Trinajstić information content (AvgIpc) is 2.38. The summed E-state index contributed by atoms with van der Waals surface area (Å²) in [5, 5.41) is 2.63. The number of carbonyl (C=O) groups excluding carboxylic acids is 2. The monoisotopic (exact) mass is 269 g/mol. The lowest BCUT2D eigenvalue weighted by Crippen LogP contribution is -2.17. The van der Waals surface area contributed by atoms with Gasteiger partial charge in [-0.15, -0.1) is 0 Å². The zero-order valence-corrected chi connectivity index (χ0v) is 11.4. The predicted molar refractivity (Wildman–Crippen MR) is 75.5 cm³/mol. The third-order valence-corrected chi connectivity index (χ3v) is 2.67. The van der Waals surface area contributed by atoms with Crippen LogP contribution in [-0.2, 0) is 4.79 Å². The van der Waals surface area contributed by atoms with Crippen molar-refractivity contribution in [3.05, 3.63) is 53.5 Å². The number of ketones is 1. The van der Waals surface area contributed by atoms with Crippen LogP contribution >= 0.6 is 0 Å². The molecule has 0 saturated heterocycles. The number of pyridine rings is 2. The topological polar surface area (TPSA) is 72.0 Å². The summed E-state index contributed by atoms with van der Waals surface area (Å²) in [6.45, 7) is 3.77. The molecule has 0 atom stereocenters. The molecule has 0 aromatic carbocycles. The molecule has 5 nitrogen and oxygen atoms in total. The van der Waals surface area contributed by atoms with E-state index in [-0.39, 0.29) is 18.1 Å². The van der Waals surface area contributed by atoms with E-state index in [1.807, 2.05) is 19.9 Å². The Morgan fingerprint density at radius 1 is 1.25 bits per heavy atom. The highest BCUT2D eigenvalue weighted by Crippen LogP contribution is 2.10. The van der Waals surface area contributed by atoms with Crippen LogP contribution < -0.4 is 5.32 Å². The van der Waals surface area contributed by atoms with Gasteiger partial charge in [-0.25, -0.2) is 4.98 Å². The summed E-state index contributed by atoms with van der Waals surface area (Å²) in [6, 6.07) is 6.98. The Labute approximate surface area is 117 Å². The number of carbonyl (C=O) groups is 2. The van der Waals surface area contributed by atoms with Crippen LogP contribution in [0.2, 0.25) is 0 Å². The summed E-state index contributed by atoms with van der Waals surface area (Å²) in [4.78, 5) is 31.7. The van der Waals surface area contributed by atoms with Crippen molar-refractivity contribution in [2.75, 3.05) is 5.32 Å². The van der Waals surface area contributed by atoms with Gasteiger partial charge in [0, 0.05) is 23.7 Å². The first-order valence-corrected chi connectivity index (χ1v) is 6.23. The van der Waals surface area contributed by atoms with Gasteiger partial charge in [0.15, 0.2) is 5.78 Å². The minimum Gasteiger partial charge on any atom is -0.310 e. The van der Waals surface area contributed by atoms with Crippen molar-refractivity contribution in [3.63, 3.8) is 0 Å². The molecule has 0 aliphatic rings. The van der Waals surface area contributed by atoms with Crippen LogP contribution in [0.3, 0.4) is 0 Å². The maximum atomic E-state index is 11.9. The molecule has 5 heteroatoms. The van der Waals surface area contributed by atoms with Crippen LogP contribution in [0, 0.1) is 13.8 Å². The van der Waals surface area contributed by atoms with Gasteiger partial charge in [-0.05, 0) is 43.7 Å². The van der Waals surface area contributed by atoms with Gasteiger partial charge in [0.05, 0.1) is 6.42 Å². The molecule has 0 saturated carbocycles. The lowest BCUT2D eigenvalue weighted by Gasteiger charge is -2.06. The average molecular weight is 269 g/mol. The first-order chi connectivity index (χ1) is 9.54. The van der Waals surface area contributed by atoms with Crippen molar-refractivity contribution in [1.29, 1.82) is 0 Å². The molecule has 0 aliphatic carbocycles. The van der Waals surface area contributed by atoms with E-state index in [1.54, 1.807) is 24.4 Å². The van der Waals surface area contributed by atoms with Gasteiger partial charge in [-0.2, -0.15) is 0 Å². The largest absolute Gasteiger partial charge is 0.310 e. The molecule has 2 aromatic rings. The smallest absolute Gasteiger partial charge is 0.233 e. The van der Waals surface area contributed by atoms with Gasteiger partial charge < -0.3 is 5.32 Å². The van der Waals surface area contributed by atoms with E-state index in [0.717, 1.165) is 11.3 Å². The summed E-state index contributed by atoms with van der Waals surface area (Å²) < 4.78 is 0. The standard InChI is InChI=1S/C15H15N3O2/c1-10-6-11(2)17-14(7-10)18-15(20)8-13(19)12-4-3-5-16-9-12/h3-7,9H,8H2,1-2H3,(H,17,18,20). The minimum absolute atomic E-state index is 0.222. The Morgan fingerprint density at radius 2 is 2.05 bits per heavy atom. The zero-order valence-electron chi connectivity index (χ0n) is 11.4. The molecular formula is C15H15N3O2. The second kappa shape index (κ2) is 6.06. The fraction of sp³-hybridized carbons (Fsp3) is 0.200. The van der Waals surface area contributed by atoms with E-state index in [2.05, 4.69) is 15.3 Å². The van der Waals surface area contributed by atoms with Crippen LogP contribution in [0.25, 0.3) is 0 Å². The van der Waals surface area contributed by atoms with E-state index in [0.29, 0.717) is 11.4 Å². The van der Waals surface area contributed by atoms with Crippen LogP contribution in [0.5, 0.6) is 0 Å². The van der Waals surface area contributed by atoms with Crippen molar-refractivity contribution in [1.82, 2.24) is 9.97 Å². The number of nitrogens with one attached hydrogen (secondary N) is 1. The predicted octanol–water partition coefficient (Wildman–Crippen LogP) is 2.30. The Bertz CT molecular complexity index is 619. The quantitative estimate of drug-likeness (QED) is 0.683. The molecule has 0 unspecified atom stereocenters. The van der Waals surface area contributed by atoms with E-state index in [9.17, 15) is 9.59 Å². The molecule has 0 fully saturated rings. The van der Waals surface area contributed by atoms with Crippen LogP contribution in [0.4, 0.5) is 5.82 Å². The molecule has 0 bridgehead atoms. The van der Waals surface area contributed by atoms with Crippen molar-refractivity contribution in [3.8, 4) is 0 Å². The maximum Gasteiger partial charge on any atom is 0.233 e. The molecule has 2 rings (SSSR count). The minimum atomic E-state index is -0.378. The van der Waals surface area contributed by atoms with E-state index < -0.39 is 0 Å². The highest BCUT2D eigenvalue weighted by atomic mass is 16.2. The second-order valence-electron chi connectivity index (χ2n) is 4.56. The summed E-state index contributed by atoms with van der Waals surface area (Å²) >= 11 is 0. The summed E-state index contributed by atoms with van der Waals surface area (Å²) in [5.41, 5.74) is 2.25. The molecule has 2 aromatic heterocycles. The number of anilines is 1. The number of aryl methyl sites for hydroxylation is 2. The number of aromatic nitrogens is 2. The summed E-state index contributed by atoms with van der Waals surface area (Å²) in [7, 11) is 0. The summed E-state index contributed by atoms with van der Waals surface area (Å²) in [6.07, 6.45) is 2.81. The molecule has 0 radical (unpaired) electrons. The molecule has 0 spiro atoms. The van der Waals surface area contributed by atoms with Crippen molar-refractivity contribution in [2.45, 2.75) is 20.3 Å². The number of Topliss-reactive ketones (excluding diaryl/α,β-unsaturated/α-hetero) is 1.